The van der Waals surface area contributed by atoms with Crippen LogP contribution in [0.3, 0.4) is 0 Å². The molecule has 0 spiro atoms. The molecule has 0 bridgehead atoms. The fraction of sp³-hybridized carbons (Fsp3) is 0.250. The molecule has 0 aliphatic heterocycles. The first-order valence-corrected chi connectivity index (χ1v) is 6.06. The molecule has 5 heteroatoms. The van der Waals surface area contributed by atoms with Crippen molar-refractivity contribution in [2.45, 2.75) is 19.4 Å². The Morgan fingerprint density at radius 1 is 1.35 bits per heavy atom. The van der Waals surface area contributed by atoms with Crippen LogP contribution in [0.2, 0.25) is 0 Å². The summed E-state index contributed by atoms with van der Waals surface area (Å²) in [4.78, 5) is 4.23. The first-order valence-electron chi connectivity index (χ1n) is 5.18. The van der Waals surface area contributed by atoms with E-state index >= 15 is 0 Å². The average Bonchev–Trinajstić information content (AvgIpc) is 2.63. The van der Waals surface area contributed by atoms with Crippen LogP contribution in [0.4, 0.5) is 8.78 Å². The van der Waals surface area contributed by atoms with E-state index in [0.717, 1.165) is 10.7 Å². The largest absolute Gasteiger partial charge is 0.323 e. The molecule has 0 radical (unpaired) electrons. The zero-order chi connectivity index (χ0) is 12.4. The van der Waals surface area contributed by atoms with Crippen molar-refractivity contribution < 1.29 is 8.78 Å². The van der Waals surface area contributed by atoms with Crippen LogP contribution < -0.4 is 5.73 Å². The van der Waals surface area contributed by atoms with Crippen molar-refractivity contribution in [2.24, 2.45) is 5.73 Å². The number of hydrogen-bond acceptors (Lipinski definition) is 3. The van der Waals surface area contributed by atoms with E-state index in [1.165, 1.54) is 29.5 Å². The second-order valence-electron chi connectivity index (χ2n) is 3.80. The second kappa shape index (κ2) is 4.89. The number of thiazole rings is 1. The van der Waals surface area contributed by atoms with Crippen molar-refractivity contribution in [1.29, 1.82) is 0 Å². The molecule has 0 amide bonds. The Bertz CT molecular complexity index is 505. The molecule has 2 rings (SSSR count). The van der Waals surface area contributed by atoms with Crippen LogP contribution in [-0.4, -0.2) is 4.98 Å². The number of aromatic nitrogens is 1. The summed E-state index contributed by atoms with van der Waals surface area (Å²) in [6.07, 6.45) is 0.336. The number of aryl methyl sites for hydroxylation is 1. The lowest BCUT2D eigenvalue weighted by atomic mass is 10.0. The highest BCUT2D eigenvalue weighted by Crippen LogP contribution is 2.22. The molecule has 90 valence electrons. The van der Waals surface area contributed by atoms with E-state index in [1.807, 2.05) is 12.3 Å². The van der Waals surface area contributed by atoms with Crippen LogP contribution in [0.1, 0.15) is 22.3 Å². The zero-order valence-corrected chi connectivity index (χ0v) is 10.1. The van der Waals surface area contributed by atoms with Crippen molar-refractivity contribution in [1.82, 2.24) is 4.98 Å². The van der Waals surface area contributed by atoms with E-state index in [9.17, 15) is 8.78 Å². The number of benzene rings is 1. The van der Waals surface area contributed by atoms with E-state index in [2.05, 4.69) is 4.98 Å². The predicted molar refractivity (Wildman–Crippen MR) is 63.8 cm³/mol. The van der Waals surface area contributed by atoms with Gasteiger partial charge in [0, 0.05) is 23.4 Å². The summed E-state index contributed by atoms with van der Waals surface area (Å²) in [7, 11) is 0. The quantitative estimate of drug-likeness (QED) is 0.914. The van der Waals surface area contributed by atoms with Crippen molar-refractivity contribution >= 4 is 11.3 Å². The van der Waals surface area contributed by atoms with Gasteiger partial charge in [0.2, 0.25) is 0 Å². The van der Waals surface area contributed by atoms with Gasteiger partial charge in [0.05, 0.1) is 10.7 Å². The van der Waals surface area contributed by atoms with Crippen LogP contribution in [0.5, 0.6) is 0 Å². The Balaban J connectivity index is 2.22. The van der Waals surface area contributed by atoms with E-state index < -0.39 is 17.7 Å². The lowest BCUT2D eigenvalue weighted by Crippen LogP contribution is -2.17. The molecule has 0 aliphatic rings. The van der Waals surface area contributed by atoms with Gasteiger partial charge in [-0.05, 0) is 19.1 Å². The Kier molecular flexibility index (Phi) is 3.49. The molecule has 0 saturated heterocycles. The van der Waals surface area contributed by atoms with Crippen molar-refractivity contribution in [2.75, 3.05) is 0 Å². The fourth-order valence-electron chi connectivity index (χ4n) is 1.69. The molecule has 2 N–H and O–H groups in total. The SMILES string of the molecule is Cc1nc(CC(N)c2c(F)cccc2F)cs1. The van der Waals surface area contributed by atoms with Crippen LogP contribution in [0, 0.1) is 18.6 Å². The van der Waals surface area contributed by atoms with E-state index in [4.69, 9.17) is 5.73 Å². The summed E-state index contributed by atoms with van der Waals surface area (Å²) in [5, 5.41) is 2.77. The Labute approximate surface area is 102 Å². The molecule has 1 aromatic carbocycles. The molecule has 1 heterocycles. The lowest BCUT2D eigenvalue weighted by Gasteiger charge is -2.12. The van der Waals surface area contributed by atoms with Gasteiger partial charge in [0.15, 0.2) is 0 Å². The van der Waals surface area contributed by atoms with Gasteiger partial charge in [-0.2, -0.15) is 0 Å². The fourth-order valence-corrected chi connectivity index (χ4v) is 2.32. The van der Waals surface area contributed by atoms with E-state index in [0.29, 0.717) is 6.42 Å². The molecule has 17 heavy (non-hydrogen) atoms. The molecule has 1 atom stereocenters. The number of nitrogens with zero attached hydrogens (tertiary/aromatic N) is 1. The maximum Gasteiger partial charge on any atom is 0.130 e. The zero-order valence-electron chi connectivity index (χ0n) is 9.28. The van der Waals surface area contributed by atoms with Crippen LogP contribution in [0.15, 0.2) is 23.6 Å². The maximum absolute atomic E-state index is 13.5. The Hall–Kier alpha value is -1.33. The van der Waals surface area contributed by atoms with Crippen molar-refractivity contribution in [3.63, 3.8) is 0 Å². The van der Waals surface area contributed by atoms with Gasteiger partial charge in [-0.25, -0.2) is 13.8 Å². The minimum Gasteiger partial charge on any atom is -0.323 e. The summed E-state index contributed by atoms with van der Waals surface area (Å²) in [6, 6.07) is 3.04. The summed E-state index contributed by atoms with van der Waals surface area (Å²) in [5.41, 5.74) is 6.52. The first kappa shape index (κ1) is 12.1. The summed E-state index contributed by atoms with van der Waals surface area (Å²) in [6.45, 7) is 1.88. The standard InChI is InChI=1S/C12H12F2N2S/c1-7-16-8(6-17-7)5-11(15)12-9(13)3-2-4-10(12)14/h2-4,6,11H,5,15H2,1H3. The van der Waals surface area contributed by atoms with Gasteiger partial charge in [0.25, 0.3) is 0 Å². The minimum atomic E-state index is -0.710. The third kappa shape index (κ3) is 2.68. The molecular weight excluding hydrogens is 242 g/mol. The molecule has 1 unspecified atom stereocenters. The second-order valence-corrected chi connectivity index (χ2v) is 4.87. The molecule has 0 aliphatic carbocycles. The van der Waals surface area contributed by atoms with Gasteiger partial charge in [0.1, 0.15) is 11.6 Å². The molecular formula is C12H12F2N2S. The van der Waals surface area contributed by atoms with Crippen LogP contribution >= 0.6 is 11.3 Å². The predicted octanol–water partition coefficient (Wildman–Crippen LogP) is 2.97. The summed E-state index contributed by atoms with van der Waals surface area (Å²) >= 11 is 1.50. The van der Waals surface area contributed by atoms with Crippen LogP contribution in [0.25, 0.3) is 0 Å². The third-order valence-electron chi connectivity index (χ3n) is 2.47. The van der Waals surface area contributed by atoms with Crippen molar-refractivity contribution in [3.8, 4) is 0 Å². The van der Waals surface area contributed by atoms with Crippen molar-refractivity contribution in [3.05, 3.63) is 51.5 Å². The molecule has 1 aromatic heterocycles. The highest BCUT2D eigenvalue weighted by Gasteiger charge is 2.17. The van der Waals surface area contributed by atoms with Crippen LogP contribution in [-0.2, 0) is 6.42 Å². The Morgan fingerprint density at radius 2 is 2.00 bits per heavy atom. The highest BCUT2D eigenvalue weighted by atomic mass is 32.1. The van der Waals surface area contributed by atoms with Gasteiger partial charge in [-0.3, -0.25) is 0 Å². The van der Waals surface area contributed by atoms with Gasteiger partial charge in [-0.15, -0.1) is 11.3 Å². The molecule has 2 aromatic rings. The topological polar surface area (TPSA) is 38.9 Å². The monoisotopic (exact) mass is 254 g/mol. The number of rotatable bonds is 3. The average molecular weight is 254 g/mol. The Morgan fingerprint density at radius 3 is 2.53 bits per heavy atom. The van der Waals surface area contributed by atoms with Gasteiger partial charge in [-0.1, -0.05) is 6.07 Å². The number of hydrogen-bond donors (Lipinski definition) is 1. The van der Waals surface area contributed by atoms with E-state index in [-0.39, 0.29) is 5.56 Å². The molecule has 2 nitrogen and oxygen atoms in total. The minimum absolute atomic E-state index is 0.0712. The number of halogens is 2. The first-order chi connectivity index (χ1) is 8.08. The number of nitrogens with two attached hydrogens (primary N) is 1. The van der Waals surface area contributed by atoms with E-state index in [1.54, 1.807) is 0 Å². The van der Waals surface area contributed by atoms with Gasteiger partial charge >= 0.3 is 0 Å². The summed E-state index contributed by atoms with van der Waals surface area (Å²) in [5.74, 6) is -1.21. The smallest absolute Gasteiger partial charge is 0.130 e. The summed E-state index contributed by atoms with van der Waals surface area (Å²) < 4.78 is 26.9. The molecule has 0 fully saturated rings. The normalized spacial score (nSPS) is 12.7. The maximum atomic E-state index is 13.5. The van der Waals surface area contributed by atoms with Gasteiger partial charge < -0.3 is 5.73 Å². The third-order valence-corrected chi connectivity index (χ3v) is 3.29. The lowest BCUT2D eigenvalue weighted by molar-refractivity contribution is 0.523. The highest BCUT2D eigenvalue weighted by molar-refractivity contribution is 7.09. The molecule has 0 saturated carbocycles.